The van der Waals surface area contributed by atoms with Crippen LogP contribution in [0.25, 0.3) is 0 Å². The van der Waals surface area contributed by atoms with E-state index in [4.69, 9.17) is 10.1 Å². The molecular weight excluding hydrogens is 302 g/mol. The van der Waals surface area contributed by atoms with Crippen molar-refractivity contribution in [1.29, 1.82) is 5.41 Å². The normalized spacial score (nSPS) is 16.1. The van der Waals surface area contributed by atoms with Crippen molar-refractivity contribution in [2.45, 2.75) is 57.3 Å². The Hall–Kier alpha value is -0.670. The van der Waals surface area contributed by atoms with Crippen LogP contribution in [0.2, 0.25) is 0 Å². The molecule has 0 amide bonds. The van der Waals surface area contributed by atoms with Crippen LogP contribution >= 0.6 is 24.2 Å². The third kappa shape index (κ3) is 3.57. The van der Waals surface area contributed by atoms with Crippen molar-refractivity contribution in [2.24, 2.45) is 0 Å². The molecule has 2 nitrogen and oxygen atoms in total. The fourth-order valence-electron chi connectivity index (χ4n) is 2.53. The van der Waals surface area contributed by atoms with Gasteiger partial charge < -0.3 is 4.74 Å². The predicted octanol–water partition coefficient (Wildman–Crippen LogP) is 5.15. The summed E-state index contributed by atoms with van der Waals surface area (Å²) in [6, 6.07) is 4.30. The second-order valence-electron chi connectivity index (χ2n) is 7.09. The highest BCUT2D eigenvalue weighted by Crippen LogP contribution is 2.48. The Morgan fingerprint density at radius 3 is 2.48 bits per heavy atom. The zero-order chi connectivity index (χ0) is 15.1. The molecule has 2 rings (SSSR count). The third-order valence-corrected chi connectivity index (χ3v) is 5.35. The minimum absolute atomic E-state index is 0. The molecule has 0 bridgehead atoms. The van der Waals surface area contributed by atoms with Gasteiger partial charge in [0.05, 0.1) is 6.61 Å². The van der Waals surface area contributed by atoms with Crippen LogP contribution in [0.15, 0.2) is 17.0 Å². The van der Waals surface area contributed by atoms with Crippen LogP contribution in [0.4, 0.5) is 0 Å². The van der Waals surface area contributed by atoms with Crippen molar-refractivity contribution in [3.8, 4) is 0 Å². The van der Waals surface area contributed by atoms with Crippen LogP contribution in [0.3, 0.4) is 0 Å². The summed E-state index contributed by atoms with van der Waals surface area (Å²) in [7, 11) is 0. The highest BCUT2D eigenvalue weighted by Gasteiger charge is 2.35. The van der Waals surface area contributed by atoms with Crippen LogP contribution in [-0.2, 0) is 15.6 Å². The monoisotopic (exact) mass is 327 g/mol. The number of fused-ring (bicyclic) bond motifs is 1. The fraction of sp³-hybridized carbons (Fsp3) is 0.588. The zero-order valence-electron chi connectivity index (χ0n) is 13.8. The van der Waals surface area contributed by atoms with Crippen LogP contribution in [-0.4, -0.2) is 18.3 Å². The maximum Gasteiger partial charge on any atom is 0.213 e. The van der Waals surface area contributed by atoms with Crippen molar-refractivity contribution < 1.29 is 4.74 Å². The van der Waals surface area contributed by atoms with Gasteiger partial charge >= 0.3 is 0 Å². The van der Waals surface area contributed by atoms with Crippen LogP contribution in [0.1, 0.15) is 58.2 Å². The highest BCUT2D eigenvalue weighted by molar-refractivity contribution is 7.99. The molecular formula is C17H26ClNOS. The molecule has 118 valence electrons. The summed E-state index contributed by atoms with van der Waals surface area (Å²) in [5, 5.41) is 8.09. The number of thioether (sulfide) groups is 1. The standard InChI is InChI=1S/C17H25NOS.ClH/c1-7-19-15(18)11-8-12(16(2,3)4)14-13(9-11)17(5,6)10-20-14;/h8-9,18H,7,10H2,1-6H3;1H. The Bertz CT molecular complexity index is 546. The van der Waals surface area contributed by atoms with Crippen molar-refractivity contribution in [2.75, 3.05) is 12.4 Å². The first kappa shape index (κ1) is 18.4. The van der Waals surface area contributed by atoms with Crippen molar-refractivity contribution in [3.63, 3.8) is 0 Å². The van der Waals surface area contributed by atoms with E-state index in [1.165, 1.54) is 16.0 Å². The molecule has 21 heavy (non-hydrogen) atoms. The second-order valence-corrected chi connectivity index (χ2v) is 8.07. The lowest BCUT2D eigenvalue weighted by Crippen LogP contribution is -2.20. The van der Waals surface area contributed by atoms with Gasteiger partial charge in [-0.1, -0.05) is 34.6 Å². The molecule has 0 aliphatic carbocycles. The Morgan fingerprint density at radius 2 is 1.95 bits per heavy atom. The quantitative estimate of drug-likeness (QED) is 0.601. The van der Waals surface area contributed by atoms with E-state index < -0.39 is 0 Å². The molecule has 1 N–H and O–H groups in total. The van der Waals surface area contributed by atoms with Gasteiger partial charge in [-0.15, -0.1) is 24.2 Å². The number of hydrogen-bond donors (Lipinski definition) is 1. The molecule has 0 fully saturated rings. The number of ether oxygens (including phenoxy) is 1. The van der Waals surface area contributed by atoms with Crippen molar-refractivity contribution in [1.82, 2.24) is 0 Å². The highest BCUT2D eigenvalue weighted by atomic mass is 35.5. The molecule has 0 saturated heterocycles. The van der Waals surface area contributed by atoms with Gasteiger partial charge in [0.15, 0.2) is 0 Å². The average Bonchev–Trinajstić information content (AvgIpc) is 2.63. The van der Waals surface area contributed by atoms with E-state index in [9.17, 15) is 0 Å². The summed E-state index contributed by atoms with van der Waals surface area (Å²) in [6.07, 6.45) is 0. The summed E-state index contributed by atoms with van der Waals surface area (Å²) in [5.41, 5.74) is 3.87. The van der Waals surface area contributed by atoms with Crippen LogP contribution in [0.5, 0.6) is 0 Å². The molecule has 0 atom stereocenters. The van der Waals surface area contributed by atoms with Gasteiger partial charge in [-0.05, 0) is 35.6 Å². The van der Waals surface area contributed by atoms with Crippen molar-refractivity contribution >= 4 is 30.1 Å². The fourth-order valence-corrected chi connectivity index (χ4v) is 4.21. The van der Waals surface area contributed by atoms with Crippen LogP contribution < -0.4 is 0 Å². The van der Waals surface area contributed by atoms with Crippen LogP contribution in [0, 0.1) is 5.41 Å². The average molecular weight is 328 g/mol. The number of nitrogens with one attached hydrogen (secondary N) is 1. The van der Waals surface area contributed by atoms with E-state index in [0.717, 1.165) is 11.3 Å². The Labute approximate surface area is 139 Å². The second kappa shape index (κ2) is 6.21. The topological polar surface area (TPSA) is 33.1 Å². The van der Waals surface area contributed by atoms with Gasteiger partial charge in [0.25, 0.3) is 0 Å². The maximum atomic E-state index is 8.09. The lowest BCUT2D eigenvalue weighted by molar-refractivity contribution is 0.325. The summed E-state index contributed by atoms with van der Waals surface area (Å²) >= 11 is 1.95. The summed E-state index contributed by atoms with van der Waals surface area (Å²) < 4.78 is 5.40. The molecule has 0 saturated carbocycles. The smallest absolute Gasteiger partial charge is 0.213 e. The van der Waals surface area contributed by atoms with Gasteiger partial charge in [0.2, 0.25) is 5.90 Å². The molecule has 0 aromatic heterocycles. The summed E-state index contributed by atoms with van der Waals surface area (Å²) in [5.74, 6) is 1.39. The SMILES string of the molecule is CCOC(=N)c1cc(C(C)(C)C)c2c(c1)C(C)(C)CS2.Cl. The minimum Gasteiger partial charge on any atom is -0.478 e. The first-order chi connectivity index (χ1) is 9.16. The first-order valence-corrected chi connectivity index (χ1v) is 8.19. The number of hydrogen-bond acceptors (Lipinski definition) is 3. The lowest BCUT2D eigenvalue weighted by Gasteiger charge is -2.25. The van der Waals surface area contributed by atoms with Gasteiger partial charge in [-0.2, -0.15) is 0 Å². The number of benzene rings is 1. The largest absolute Gasteiger partial charge is 0.478 e. The third-order valence-electron chi connectivity index (χ3n) is 3.75. The zero-order valence-corrected chi connectivity index (χ0v) is 15.4. The molecule has 0 radical (unpaired) electrons. The van der Waals surface area contributed by atoms with E-state index in [0.29, 0.717) is 6.61 Å². The minimum atomic E-state index is 0. The molecule has 1 aliphatic heterocycles. The number of halogens is 1. The van der Waals surface area contributed by atoms with E-state index in [2.05, 4.69) is 46.8 Å². The molecule has 1 heterocycles. The van der Waals surface area contributed by atoms with Gasteiger partial charge in [-0.3, -0.25) is 5.41 Å². The Morgan fingerprint density at radius 1 is 1.33 bits per heavy atom. The van der Waals surface area contributed by atoms with E-state index >= 15 is 0 Å². The molecule has 0 spiro atoms. The molecule has 4 heteroatoms. The molecule has 1 aromatic carbocycles. The maximum absolute atomic E-state index is 8.09. The Kier molecular flexibility index (Phi) is 5.44. The van der Waals surface area contributed by atoms with Gasteiger partial charge in [0.1, 0.15) is 0 Å². The van der Waals surface area contributed by atoms with Gasteiger partial charge in [0, 0.05) is 21.6 Å². The van der Waals surface area contributed by atoms with Crippen molar-refractivity contribution in [3.05, 3.63) is 28.8 Å². The van der Waals surface area contributed by atoms with E-state index in [1.54, 1.807) is 0 Å². The van der Waals surface area contributed by atoms with E-state index in [-0.39, 0.29) is 29.1 Å². The summed E-state index contributed by atoms with van der Waals surface area (Å²) in [4.78, 5) is 1.41. The number of rotatable bonds is 2. The first-order valence-electron chi connectivity index (χ1n) is 7.20. The molecule has 1 aliphatic rings. The predicted molar refractivity (Wildman–Crippen MR) is 94.6 cm³/mol. The van der Waals surface area contributed by atoms with E-state index in [1.807, 2.05) is 18.7 Å². The molecule has 1 aromatic rings. The lowest BCUT2D eigenvalue weighted by atomic mass is 9.79. The molecule has 0 unspecified atom stereocenters. The summed E-state index contributed by atoms with van der Waals surface area (Å²) in [6.45, 7) is 13.7. The van der Waals surface area contributed by atoms with Gasteiger partial charge in [-0.25, -0.2) is 0 Å². The Balaban J connectivity index is 0.00000220.